The van der Waals surface area contributed by atoms with E-state index in [-0.39, 0.29) is 0 Å². The van der Waals surface area contributed by atoms with Gasteiger partial charge in [-0.25, -0.2) is 4.98 Å². The Morgan fingerprint density at radius 3 is 2.33 bits per heavy atom. The van der Waals surface area contributed by atoms with Gasteiger partial charge in [0.25, 0.3) is 0 Å². The maximum Gasteiger partial charge on any atom is 0.138 e. The van der Waals surface area contributed by atoms with Gasteiger partial charge in [-0.05, 0) is 36.4 Å². The summed E-state index contributed by atoms with van der Waals surface area (Å²) >= 11 is 17.9. The smallest absolute Gasteiger partial charge is 0.138 e. The maximum atomic E-state index is 6.10. The summed E-state index contributed by atoms with van der Waals surface area (Å²) in [6, 6.07) is 10.9. The fraction of sp³-hybridized carbons (Fsp3) is 0. The molecule has 0 amide bonds. The zero-order chi connectivity index (χ0) is 12.7. The minimum atomic E-state index is 0.536. The van der Waals surface area contributed by atoms with Crippen molar-refractivity contribution in [3.05, 3.63) is 51.5 Å². The van der Waals surface area contributed by atoms with Crippen LogP contribution in [0.15, 0.2) is 36.4 Å². The van der Waals surface area contributed by atoms with Crippen LogP contribution >= 0.6 is 34.8 Å². The number of benzene rings is 2. The quantitative estimate of drug-likeness (QED) is 0.658. The zero-order valence-corrected chi connectivity index (χ0v) is 11.3. The molecule has 0 saturated carbocycles. The molecule has 2 nitrogen and oxygen atoms in total. The van der Waals surface area contributed by atoms with Gasteiger partial charge in [0.2, 0.25) is 0 Å². The van der Waals surface area contributed by atoms with E-state index < -0.39 is 0 Å². The minimum Gasteiger partial charge on any atom is -0.338 e. The van der Waals surface area contributed by atoms with E-state index in [1.807, 2.05) is 24.3 Å². The Labute approximate surface area is 119 Å². The number of imidazole rings is 1. The van der Waals surface area contributed by atoms with Crippen molar-refractivity contribution in [2.45, 2.75) is 0 Å². The predicted molar refractivity (Wildman–Crippen MR) is 76.6 cm³/mol. The average molecular weight is 298 g/mol. The summed E-state index contributed by atoms with van der Waals surface area (Å²) < 4.78 is 0. The molecule has 0 radical (unpaired) electrons. The van der Waals surface area contributed by atoms with Crippen molar-refractivity contribution >= 4 is 45.8 Å². The average Bonchev–Trinajstić information content (AvgIpc) is 2.74. The highest BCUT2D eigenvalue weighted by Gasteiger charge is 2.09. The molecule has 2 aromatic carbocycles. The van der Waals surface area contributed by atoms with E-state index in [4.69, 9.17) is 34.8 Å². The lowest BCUT2D eigenvalue weighted by Crippen LogP contribution is -1.78. The number of hydrogen-bond donors (Lipinski definition) is 1. The van der Waals surface area contributed by atoms with Crippen LogP contribution in [0.3, 0.4) is 0 Å². The van der Waals surface area contributed by atoms with E-state index in [1.54, 1.807) is 12.1 Å². The Morgan fingerprint density at radius 2 is 1.61 bits per heavy atom. The molecule has 0 aliphatic rings. The second-order valence-corrected chi connectivity index (χ2v) is 5.16. The Bertz CT molecular complexity index is 717. The Morgan fingerprint density at radius 1 is 0.889 bits per heavy atom. The summed E-state index contributed by atoms with van der Waals surface area (Å²) in [5, 5.41) is 1.81. The lowest BCUT2D eigenvalue weighted by Gasteiger charge is -1.95. The molecule has 3 rings (SSSR count). The molecule has 0 saturated heterocycles. The number of halogens is 3. The Balaban J connectivity index is 2.19. The van der Waals surface area contributed by atoms with Crippen molar-refractivity contribution in [1.82, 2.24) is 9.97 Å². The third-order valence-electron chi connectivity index (χ3n) is 2.62. The molecule has 0 unspecified atom stereocenters. The second kappa shape index (κ2) is 4.47. The SMILES string of the molecule is Clc1ccc(-c2nc3c(Cl)cc(Cl)cc3[nH]2)cc1. The molecule has 18 heavy (non-hydrogen) atoms. The highest BCUT2D eigenvalue weighted by molar-refractivity contribution is 6.38. The number of aromatic nitrogens is 2. The van der Waals surface area contributed by atoms with Crippen molar-refractivity contribution < 1.29 is 0 Å². The molecule has 0 atom stereocenters. The number of nitrogens with zero attached hydrogens (tertiary/aromatic N) is 1. The van der Waals surface area contributed by atoms with Gasteiger partial charge in [0, 0.05) is 15.6 Å². The van der Waals surface area contributed by atoms with Crippen molar-refractivity contribution in [2.75, 3.05) is 0 Å². The van der Waals surface area contributed by atoms with E-state index in [0.717, 1.165) is 16.9 Å². The van der Waals surface area contributed by atoms with Crippen LogP contribution in [0.5, 0.6) is 0 Å². The molecule has 90 valence electrons. The van der Waals surface area contributed by atoms with Crippen LogP contribution in [0.4, 0.5) is 0 Å². The summed E-state index contributed by atoms with van der Waals surface area (Å²) in [5.41, 5.74) is 2.48. The number of fused-ring (bicyclic) bond motifs is 1. The summed E-state index contributed by atoms with van der Waals surface area (Å²) in [6.45, 7) is 0. The highest BCUT2D eigenvalue weighted by Crippen LogP contribution is 2.29. The molecule has 0 spiro atoms. The van der Waals surface area contributed by atoms with E-state index in [0.29, 0.717) is 20.6 Å². The van der Waals surface area contributed by atoms with Crippen LogP contribution in [-0.2, 0) is 0 Å². The molecular weight excluding hydrogens is 291 g/mol. The lowest BCUT2D eigenvalue weighted by atomic mass is 10.2. The molecule has 1 N–H and O–H groups in total. The fourth-order valence-electron chi connectivity index (χ4n) is 1.79. The largest absolute Gasteiger partial charge is 0.338 e. The Hall–Kier alpha value is -1.22. The van der Waals surface area contributed by atoms with Crippen LogP contribution in [0.2, 0.25) is 15.1 Å². The molecule has 3 aromatic rings. The standard InChI is InChI=1S/C13H7Cl3N2/c14-8-3-1-7(2-4-8)13-17-11-6-9(15)5-10(16)12(11)18-13/h1-6H,(H,17,18). The first kappa shape index (κ1) is 11.8. The van der Waals surface area contributed by atoms with E-state index in [2.05, 4.69) is 9.97 Å². The van der Waals surface area contributed by atoms with Crippen LogP contribution in [0, 0.1) is 0 Å². The first-order chi connectivity index (χ1) is 8.63. The summed E-state index contributed by atoms with van der Waals surface area (Å²) in [4.78, 5) is 7.65. The topological polar surface area (TPSA) is 28.7 Å². The Kier molecular flexibility index (Phi) is 2.94. The third-order valence-corrected chi connectivity index (χ3v) is 3.38. The maximum absolute atomic E-state index is 6.10. The third kappa shape index (κ3) is 2.07. The van der Waals surface area contributed by atoms with Crippen LogP contribution in [0.25, 0.3) is 22.4 Å². The van der Waals surface area contributed by atoms with Crippen LogP contribution in [-0.4, -0.2) is 9.97 Å². The number of aromatic amines is 1. The fourth-order valence-corrected chi connectivity index (χ4v) is 2.45. The molecule has 0 aliphatic heterocycles. The normalized spacial score (nSPS) is 11.1. The second-order valence-electron chi connectivity index (χ2n) is 3.88. The summed E-state index contributed by atoms with van der Waals surface area (Å²) in [6.07, 6.45) is 0. The van der Waals surface area contributed by atoms with Gasteiger partial charge in [-0.1, -0.05) is 34.8 Å². The van der Waals surface area contributed by atoms with Crippen molar-refractivity contribution in [1.29, 1.82) is 0 Å². The van der Waals surface area contributed by atoms with E-state index in [1.165, 1.54) is 0 Å². The number of rotatable bonds is 1. The predicted octanol–water partition coefficient (Wildman–Crippen LogP) is 5.19. The first-order valence-electron chi connectivity index (χ1n) is 5.24. The molecule has 1 heterocycles. The van der Waals surface area contributed by atoms with E-state index >= 15 is 0 Å². The molecule has 1 aromatic heterocycles. The van der Waals surface area contributed by atoms with Gasteiger partial charge in [-0.15, -0.1) is 0 Å². The zero-order valence-electron chi connectivity index (χ0n) is 9.05. The molecular formula is C13H7Cl3N2. The molecule has 5 heteroatoms. The van der Waals surface area contributed by atoms with Crippen LogP contribution in [0.1, 0.15) is 0 Å². The summed E-state index contributed by atoms with van der Waals surface area (Å²) in [5.74, 6) is 0.742. The molecule has 0 bridgehead atoms. The van der Waals surface area contributed by atoms with Gasteiger partial charge in [0.1, 0.15) is 11.3 Å². The van der Waals surface area contributed by atoms with Gasteiger partial charge < -0.3 is 4.98 Å². The molecule has 0 aliphatic carbocycles. The summed E-state index contributed by atoms with van der Waals surface area (Å²) in [7, 11) is 0. The van der Waals surface area contributed by atoms with Gasteiger partial charge in [0.15, 0.2) is 0 Å². The van der Waals surface area contributed by atoms with Crippen molar-refractivity contribution in [3.8, 4) is 11.4 Å². The molecule has 0 fully saturated rings. The minimum absolute atomic E-state index is 0.536. The van der Waals surface area contributed by atoms with Crippen molar-refractivity contribution in [3.63, 3.8) is 0 Å². The number of H-pyrrole nitrogens is 1. The van der Waals surface area contributed by atoms with Gasteiger partial charge >= 0.3 is 0 Å². The van der Waals surface area contributed by atoms with Crippen LogP contribution < -0.4 is 0 Å². The van der Waals surface area contributed by atoms with E-state index in [9.17, 15) is 0 Å². The van der Waals surface area contributed by atoms with Gasteiger partial charge in [0.05, 0.1) is 10.5 Å². The highest BCUT2D eigenvalue weighted by atomic mass is 35.5. The van der Waals surface area contributed by atoms with Crippen molar-refractivity contribution in [2.24, 2.45) is 0 Å². The first-order valence-corrected chi connectivity index (χ1v) is 6.37. The number of nitrogens with one attached hydrogen (secondary N) is 1. The van der Waals surface area contributed by atoms with Gasteiger partial charge in [-0.3, -0.25) is 0 Å². The number of hydrogen-bond acceptors (Lipinski definition) is 1. The lowest BCUT2D eigenvalue weighted by molar-refractivity contribution is 1.34. The van der Waals surface area contributed by atoms with Gasteiger partial charge in [-0.2, -0.15) is 0 Å². The monoisotopic (exact) mass is 296 g/mol.